The van der Waals surface area contributed by atoms with Crippen molar-refractivity contribution in [3.8, 4) is 17.2 Å². The maximum Gasteiger partial charge on any atom is 0.241 e. The normalized spacial score (nSPS) is 12.3. The Bertz CT molecular complexity index is 850. The molecule has 0 bridgehead atoms. The fourth-order valence-electron chi connectivity index (χ4n) is 2.14. The molecule has 2 aromatic rings. The summed E-state index contributed by atoms with van der Waals surface area (Å²) in [6.45, 7) is 0. The second-order valence-corrected chi connectivity index (χ2v) is 8.05. The third kappa shape index (κ3) is 6.05. The lowest BCUT2D eigenvalue weighted by atomic mass is 10.2. The third-order valence-electron chi connectivity index (χ3n) is 3.56. The van der Waals surface area contributed by atoms with Crippen LogP contribution in [0.15, 0.2) is 48.5 Å². The average Bonchev–Trinajstić information content (AvgIpc) is 2.61. The molecule has 0 aliphatic rings. The van der Waals surface area contributed by atoms with Crippen molar-refractivity contribution in [3.63, 3.8) is 0 Å². The summed E-state index contributed by atoms with van der Waals surface area (Å²) in [5, 5.41) is 2.65. The van der Waals surface area contributed by atoms with Crippen LogP contribution in [0.1, 0.15) is 6.42 Å². The summed E-state index contributed by atoms with van der Waals surface area (Å²) < 4.78 is 33.3. The third-order valence-corrected chi connectivity index (χ3v) is 4.53. The van der Waals surface area contributed by atoms with E-state index in [1.807, 2.05) is 12.1 Å². The van der Waals surface area contributed by atoms with Crippen LogP contribution < -0.4 is 20.5 Å². The first kappa shape index (κ1) is 19.7. The van der Waals surface area contributed by atoms with Crippen LogP contribution >= 0.6 is 0 Å². The number of methoxy groups -OCH3 is 1. The predicted octanol–water partition coefficient (Wildman–Crippen LogP) is 2.19. The van der Waals surface area contributed by atoms with E-state index < -0.39 is 21.8 Å². The fraction of sp³-hybridized carbons (Fsp3) is 0.278. The van der Waals surface area contributed by atoms with Crippen molar-refractivity contribution in [3.05, 3.63) is 48.5 Å². The topological polar surface area (TPSA) is 108 Å². The van der Waals surface area contributed by atoms with Crippen LogP contribution in [0.4, 0.5) is 5.69 Å². The number of para-hydroxylation sites is 2. The van der Waals surface area contributed by atoms with Gasteiger partial charge in [-0.3, -0.25) is 4.79 Å². The van der Waals surface area contributed by atoms with Crippen molar-refractivity contribution in [1.29, 1.82) is 0 Å². The summed E-state index contributed by atoms with van der Waals surface area (Å²) in [7, 11) is -1.59. The number of carbonyl (C=O) groups excluding carboxylic acids is 1. The molecule has 0 saturated heterocycles. The highest BCUT2D eigenvalue weighted by Gasteiger charge is 2.16. The van der Waals surface area contributed by atoms with E-state index in [2.05, 4.69) is 5.32 Å². The van der Waals surface area contributed by atoms with Gasteiger partial charge in [0.2, 0.25) is 5.91 Å². The predicted molar refractivity (Wildman–Crippen MR) is 100 cm³/mol. The molecule has 0 heterocycles. The lowest BCUT2D eigenvalue weighted by Gasteiger charge is -2.13. The van der Waals surface area contributed by atoms with Gasteiger partial charge < -0.3 is 20.5 Å². The summed E-state index contributed by atoms with van der Waals surface area (Å²) in [5.41, 5.74) is 6.26. The maximum absolute atomic E-state index is 12.0. The van der Waals surface area contributed by atoms with Crippen LogP contribution in [0.5, 0.6) is 17.2 Å². The van der Waals surface area contributed by atoms with Crippen LogP contribution in [-0.4, -0.2) is 39.5 Å². The van der Waals surface area contributed by atoms with Gasteiger partial charge in [0.25, 0.3) is 0 Å². The van der Waals surface area contributed by atoms with Gasteiger partial charge in [-0.25, -0.2) is 8.42 Å². The van der Waals surface area contributed by atoms with E-state index in [1.54, 1.807) is 43.5 Å². The SMILES string of the molecule is COc1ccccc1Oc1ccc(NC(=O)C(N)CCS(C)(=O)=O)cc1. The van der Waals surface area contributed by atoms with Gasteiger partial charge in [-0.1, -0.05) is 12.1 Å². The highest BCUT2D eigenvalue weighted by atomic mass is 32.2. The first-order valence-electron chi connectivity index (χ1n) is 7.93. The number of hydrogen-bond donors (Lipinski definition) is 2. The number of benzene rings is 2. The van der Waals surface area contributed by atoms with E-state index in [4.69, 9.17) is 15.2 Å². The van der Waals surface area contributed by atoms with Gasteiger partial charge in [0, 0.05) is 11.9 Å². The number of nitrogens with one attached hydrogen (secondary N) is 1. The number of carbonyl (C=O) groups is 1. The minimum atomic E-state index is -3.15. The Kier molecular flexibility index (Phi) is 6.59. The second-order valence-electron chi connectivity index (χ2n) is 5.79. The van der Waals surface area contributed by atoms with Gasteiger partial charge in [0.05, 0.1) is 18.9 Å². The van der Waals surface area contributed by atoms with Gasteiger partial charge >= 0.3 is 0 Å². The molecule has 26 heavy (non-hydrogen) atoms. The van der Waals surface area contributed by atoms with Gasteiger partial charge in [0.15, 0.2) is 11.5 Å². The van der Waals surface area contributed by atoms with Crippen molar-refractivity contribution >= 4 is 21.4 Å². The molecule has 0 aliphatic heterocycles. The Balaban J connectivity index is 1.95. The molecule has 0 fully saturated rings. The van der Waals surface area contributed by atoms with Crippen LogP contribution in [0.2, 0.25) is 0 Å². The summed E-state index contributed by atoms with van der Waals surface area (Å²) in [4.78, 5) is 12.0. The van der Waals surface area contributed by atoms with Crippen molar-refractivity contribution < 1.29 is 22.7 Å². The molecule has 0 aliphatic carbocycles. The fourth-order valence-corrected chi connectivity index (χ4v) is 2.83. The summed E-state index contributed by atoms with van der Waals surface area (Å²) in [6.07, 6.45) is 1.18. The molecule has 0 spiro atoms. The lowest BCUT2D eigenvalue weighted by molar-refractivity contribution is -0.117. The van der Waals surface area contributed by atoms with Crippen molar-refractivity contribution in [1.82, 2.24) is 0 Å². The van der Waals surface area contributed by atoms with Gasteiger partial charge in [-0.2, -0.15) is 0 Å². The van der Waals surface area contributed by atoms with E-state index in [-0.39, 0.29) is 12.2 Å². The minimum absolute atomic E-state index is 0.0691. The minimum Gasteiger partial charge on any atom is -0.493 e. The van der Waals surface area contributed by atoms with Gasteiger partial charge in [0.1, 0.15) is 15.6 Å². The zero-order chi connectivity index (χ0) is 19.2. The zero-order valence-electron chi connectivity index (χ0n) is 14.6. The van der Waals surface area contributed by atoms with E-state index in [0.29, 0.717) is 22.9 Å². The van der Waals surface area contributed by atoms with Gasteiger partial charge in [-0.15, -0.1) is 0 Å². The van der Waals surface area contributed by atoms with E-state index in [0.717, 1.165) is 6.26 Å². The molecule has 1 atom stereocenters. The van der Waals surface area contributed by atoms with Crippen molar-refractivity contribution in [2.75, 3.05) is 24.4 Å². The first-order valence-corrected chi connectivity index (χ1v) is 9.99. The largest absolute Gasteiger partial charge is 0.493 e. The Morgan fingerprint density at radius 2 is 1.73 bits per heavy atom. The van der Waals surface area contributed by atoms with Crippen molar-refractivity contribution in [2.24, 2.45) is 5.73 Å². The standard InChI is InChI=1S/C18H22N2O5S/c1-24-16-5-3-4-6-17(16)25-14-9-7-13(8-10-14)20-18(21)15(19)11-12-26(2,22)23/h3-10,15H,11-12,19H2,1-2H3,(H,20,21). The molecule has 7 nitrogen and oxygen atoms in total. The number of nitrogens with two attached hydrogens (primary N) is 1. The monoisotopic (exact) mass is 378 g/mol. The molecule has 1 amide bonds. The number of anilines is 1. The quantitative estimate of drug-likeness (QED) is 0.729. The van der Waals surface area contributed by atoms with Crippen LogP contribution in [0.25, 0.3) is 0 Å². The Morgan fingerprint density at radius 3 is 2.31 bits per heavy atom. The number of sulfone groups is 1. The molecule has 0 saturated carbocycles. The molecular weight excluding hydrogens is 356 g/mol. The molecule has 8 heteroatoms. The Morgan fingerprint density at radius 1 is 1.12 bits per heavy atom. The Labute approximate surface area is 153 Å². The number of ether oxygens (including phenoxy) is 2. The maximum atomic E-state index is 12.0. The smallest absolute Gasteiger partial charge is 0.241 e. The van der Waals surface area contributed by atoms with Gasteiger partial charge in [-0.05, 0) is 42.8 Å². The van der Waals surface area contributed by atoms with Crippen LogP contribution in [0.3, 0.4) is 0 Å². The molecule has 2 aromatic carbocycles. The highest BCUT2D eigenvalue weighted by Crippen LogP contribution is 2.31. The zero-order valence-corrected chi connectivity index (χ0v) is 15.5. The van der Waals surface area contributed by atoms with E-state index in [9.17, 15) is 13.2 Å². The number of hydrogen-bond acceptors (Lipinski definition) is 6. The molecule has 1 unspecified atom stereocenters. The molecule has 0 radical (unpaired) electrons. The molecule has 140 valence electrons. The summed E-state index contributed by atoms with van der Waals surface area (Å²) in [6, 6.07) is 13.1. The number of amides is 1. The summed E-state index contributed by atoms with van der Waals surface area (Å²) in [5.74, 6) is 1.20. The van der Waals surface area contributed by atoms with Crippen LogP contribution in [-0.2, 0) is 14.6 Å². The average molecular weight is 378 g/mol. The highest BCUT2D eigenvalue weighted by molar-refractivity contribution is 7.90. The van der Waals surface area contributed by atoms with Crippen molar-refractivity contribution in [2.45, 2.75) is 12.5 Å². The lowest BCUT2D eigenvalue weighted by Crippen LogP contribution is -2.37. The second kappa shape index (κ2) is 8.68. The molecule has 0 aromatic heterocycles. The van der Waals surface area contributed by atoms with E-state index in [1.165, 1.54) is 0 Å². The summed E-state index contributed by atoms with van der Waals surface area (Å²) >= 11 is 0. The van der Waals surface area contributed by atoms with E-state index >= 15 is 0 Å². The van der Waals surface area contributed by atoms with Crippen LogP contribution in [0, 0.1) is 0 Å². The molecule has 2 rings (SSSR count). The molecule has 3 N–H and O–H groups in total. The number of rotatable bonds is 8. The molecular formula is C18H22N2O5S. The first-order chi connectivity index (χ1) is 12.3. The Hall–Kier alpha value is -2.58.